The Kier molecular flexibility index (Phi) is 3.98. The summed E-state index contributed by atoms with van der Waals surface area (Å²) in [6.45, 7) is 3.13. The molecule has 90 valence electrons. The highest BCUT2D eigenvalue weighted by molar-refractivity contribution is 7.07. The minimum atomic E-state index is 0.347. The molecule has 1 saturated carbocycles. The van der Waals surface area contributed by atoms with Gasteiger partial charge >= 0.3 is 0 Å². The lowest BCUT2D eigenvalue weighted by atomic mass is 9.67. The average molecular weight is 238 g/mol. The molecule has 1 aliphatic carbocycles. The van der Waals surface area contributed by atoms with Crippen molar-refractivity contribution in [2.24, 2.45) is 17.1 Å². The van der Waals surface area contributed by atoms with E-state index in [1.165, 1.54) is 37.8 Å². The lowest BCUT2D eigenvalue weighted by Gasteiger charge is -2.39. The molecule has 1 fully saturated rings. The van der Waals surface area contributed by atoms with E-state index in [9.17, 15) is 0 Å². The van der Waals surface area contributed by atoms with E-state index in [0.717, 1.165) is 18.9 Å². The fourth-order valence-electron chi connectivity index (χ4n) is 2.86. The lowest BCUT2D eigenvalue weighted by molar-refractivity contribution is 0.152. The summed E-state index contributed by atoms with van der Waals surface area (Å²) in [5.41, 5.74) is 9.53. The molecule has 3 heteroatoms. The van der Waals surface area contributed by atoms with Gasteiger partial charge in [0.2, 0.25) is 0 Å². The molecule has 16 heavy (non-hydrogen) atoms. The first-order valence-corrected chi connectivity index (χ1v) is 7.29. The van der Waals surface area contributed by atoms with Crippen molar-refractivity contribution < 1.29 is 0 Å². The highest BCUT2D eigenvalue weighted by Gasteiger charge is 2.34. The maximum atomic E-state index is 6.02. The van der Waals surface area contributed by atoms with Crippen molar-refractivity contribution in [2.45, 2.75) is 45.4 Å². The van der Waals surface area contributed by atoms with Crippen LogP contribution in [0.2, 0.25) is 0 Å². The van der Waals surface area contributed by atoms with Gasteiger partial charge in [0, 0.05) is 5.38 Å². The number of rotatable bonds is 4. The summed E-state index contributed by atoms with van der Waals surface area (Å²) in [5.74, 6) is 0.940. The molecular weight excluding hydrogens is 216 g/mol. The molecule has 1 aromatic heterocycles. The van der Waals surface area contributed by atoms with Gasteiger partial charge in [-0.05, 0) is 50.0 Å². The molecule has 1 aromatic rings. The minimum absolute atomic E-state index is 0.347. The van der Waals surface area contributed by atoms with Crippen molar-refractivity contribution in [1.29, 1.82) is 0 Å². The maximum Gasteiger partial charge on any atom is 0.0794 e. The van der Waals surface area contributed by atoms with E-state index in [2.05, 4.69) is 17.3 Å². The molecule has 0 radical (unpaired) electrons. The third-order valence-electron chi connectivity index (χ3n) is 4.22. The normalized spacial score (nSPS) is 30.5. The monoisotopic (exact) mass is 238 g/mol. The van der Waals surface area contributed by atoms with Crippen molar-refractivity contribution in [1.82, 2.24) is 4.98 Å². The average Bonchev–Trinajstić information content (AvgIpc) is 2.83. The number of aromatic nitrogens is 1. The van der Waals surface area contributed by atoms with Crippen LogP contribution < -0.4 is 5.73 Å². The zero-order chi connectivity index (χ0) is 11.4. The Hall–Kier alpha value is -0.410. The largest absolute Gasteiger partial charge is 0.330 e. The van der Waals surface area contributed by atoms with E-state index in [-0.39, 0.29) is 0 Å². The summed E-state index contributed by atoms with van der Waals surface area (Å²) in [6, 6.07) is 0. The van der Waals surface area contributed by atoms with Crippen LogP contribution in [0.25, 0.3) is 0 Å². The van der Waals surface area contributed by atoms with Gasteiger partial charge in [0.15, 0.2) is 0 Å². The SMILES string of the molecule is CCC1CCC(CN)(Cc2cscn2)CC1. The Morgan fingerprint density at radius 3 is 2.75 bits per heavy atom. The molecule has 0 unspecified atom stereocenters. The van der Waals surface area contributed by atoms with E-state index >= 15 is 0 Å². The Morgan fingerprint density at radius 1 is 1.50 bits per heavy atom. The third kappa shape index (κ3) is 2.64. The quantitative estimate of drug-likeness (QED) is 0.874. The standard InChI is InChI=1S/C13H22N2S/c1-2-11-3-5-13(9-14,6-4-11)7-12-8-16-10-15-12/h8,10-11H,2-7,9,14H2,1H3. The predicted molar refractivity (Wildman–Crippen MR) is 69.6 cm³/mol. The molecule has 1 aliphatic rings. The zero-order valence-corrected chi connectivity index (χ0v) is 10.9. The van der Waals surface area contributed by atoms with Gasteiger partial charge in [-0.15, -0.1) is 11.3 Å². The fourth-order valence-corrected chi connectivity index (χ4v) is 3.42. The molecule has 0 aromatic carbocycles. The topological polar surface area (TPSA) is 38.9 Å². The smallest absolute Gasteiger partial charge is 0.0794 e. The second-order valence-corrected chi connectivity index (χ2v) is 5.93. The number of hydrogen-bond donors (Lipinski definition) is 1. The zero-order valence-electron chi connectivity index (χ0n) is 10.1. The van der Waals surface area contributed by atoms with Crippen molar-refractivity contribution in [2.75, 3.05) is 6.54 Å². The molecule has 0 saturated heterocycles. The third-order valence-corrected chi connectivity index (χ3v) is 4.85. The Labute approximate surface area is 102 Å². The molecule has 0 bridgehead atoms. The molecule has 0 atom stereocenters. The molecule has 0 spiro atoms. The second-order valence-electron chi connectivity index (χ2n) is 5.21. The van der Waals surface area contributed by atoms with Gasteiger partial charge in [-0.2, -0.15) is 0 Å². The molecular formula is C13H22N2S. The summed E-state index contributed by atoms with van der Waals surface area (Å²) in [6.07, 6.45) is 7.72. The Balaban J connectivity index is 1.98. The Bertz CT molecular complexity index is 300. The van der Waals surface area contributed by atoms with Crippen LogP contribution in [0.15, 0.2) is 10.9 Å². The highest BCUT2D eigenvalue weighted by Crippen LogP contribution is 2.41. The first-order chi connectivity index (χ1) is 7.78. The van der Waals surface area contributed by atoms with Crippen LogP contribution in [0.5, 0.6) is 0 Å². The van der Waals surface area contributed by atoms with Gasteiger partial charge in [-0.25, -0.2) is 4.98 Å². The van der Waals surface area contributed by atoms with Crippen LogP contribution in [-0.4, -0.2) is 11.5 Å². The molecule has 0 amide bonds. The van der Waals surface area contributed by atoms with Crippen molar-refractivity contribution in [3.8, 4) is 0 Å². The summed E-state index contributed by atoms with van der Waals surface area (Å²) >= 11 is 1.69. The summed E-state index contributed by atoms with van der Waals surface area (Å²) in [5, 5.41) is 2.17. The van der Waals surface area contributed by atoms with E-state index in [1.807, 2.05) is 5.51 Å². The molecule has 0 aliphatic heterocycles. The number of nitrogens with zero attached hydrogens (tertiary/aromatic N) is 1. The second kappa shape index (κ2) is 5.28. The number of thiazole rings is 1. The van der Waals surface area contributed by atoms with Crippen molar-refractivity contribution >= 4 is 11.3 Å². The van der Waals surface area contributed by atoms with E-state index < -0.39 is 0 Å². The van der Waals surface area contributed by atoms with Crippen LogP contribution in [0.4, 0.5) is 0 Å². The summed E-state index contributed by atoms with van der Waals surface area (Å²) < 4.78 is 0. The Morgan fingerprint density at radius 2 is 2.25 bits per heavy atom. The van der Waals surface area contributed by atoms with E-state index in [0.29, 0.717) is 5.41 Å². The lowest BCUT2D eigenvalue weighted by Crippen LogP contribution is -2.36. The van der Waals surface area contributed by atoms with Crippen LogP contribution in [-0.2, 0) is 6.42 Å². The van der Waals surface area contributed by atoms with Crippen molar-refractivity contribution in [3.63, 3.8) is 0 Å². The van der Waals surface area contributed by atoms with Crippen LogP contribution >= 0.6 is 11.3 Å². The van der Waals surface area contributed by atoms with Gasteiger partial charge in [-0.3, -0.25) is 0 Å². The predicted octanol–water partition coefficient (Wildman–Crippen LogP) is 3.23. The highest BCUT2D eigenvalue weighted by atomic mass is 32.1. The van der Waals surface area contributed by atoms with Gasteiger partial charge in [0.05, 0.1) is 11.2 Å². The maximum absolute atomic E-state index is 6.02. The molecule has 1 heterocycles. The first-order valence-electron chi connectivity index (χ1n) is 6.35. The van der Waals surface area contributed by atoms with Crippen LogP contribution in [0.1, 0.15) is 44.7 Å². The van der Waals surface area contributed by atoms with Crippen molar-refractivity contribution in [3.05, 3.63) is 16.6 Å². The molecule has 2 rings (SSSR count). The van der Waals surface area contributed by atoms with Crippen LogP contribution in [0.3, 0.4) is 0 Å². The molecule has 2 N–H and O–H groups in total. The fraction of sp³-hybridized carbons (Fsp3) is 0.769. The van der Waals surface area contributed by atoms with E-state index in [1.54, 1.807) is 11.3 Å². The first kappa shape index (κ1) is 12.1. The van der Waals surface area contributed by atoms with Gasteiger partial charge in [-0.1, -0.05) is 13.3 Å². The summed E-state index contributed by atoms with van der Waals surface area (Å²) in [4.78, 5) is 4.41. The molecule has 2 nitrogen and oxygen atoms in total. The van der Waals surface area contributed by atoms with Crippen LogP contribution in [0, 0.1) is 11.3 Å². The minimum Gasteiger partial charge on any atom is -0.330 e. The van der Waals surface area contributed by atoms with Gasteiger partial charge in [0.25, 0.3) is 0 Å². The number of nitrogens with two attached hydrogens (primary N) is 1. The van der Waals surface area contributed by atoms with Gasteiger partial charge < -0.3 is 5.73 Å². The number of hydrogen-bond acceptors (Lipinski definition) is 3. The van der Waals surface area contributed by atoms with Gasteiger partial charge in [0.1, 0.15) is 0 Å². The van der Waals surface area contributed by atoms with E-state index in [4.69, 9.17) is 5.73 Å². The summed E-state index contributed by atoms with van der Waals surface area (Å²) in [7, 11) is 0.